The Bertz CT molecular complexity index is 1170. The van der Waals surface area contributed by atoms with Gasteiger partial charge in [-0.05, 0) is 44.0 Å². The van der Waals surface area contributed by atoms with Crippen LogP contribution < -0.4 is 10.1 Å². The molecule has 2 aromatic heterocycles. The molecule has 0 saturated carbocycles. The molecular formula is C19H20ClN3O4S3. The molecule has 3 heterocycles. The van der Waals surface area contributed by atoms with E-state index in [1.807, 2.05) is 25.1 Å². The Morgan fingerprint density at radius 2 is 2.13 bits per heavy atom. The van der Waals surface area contributed by atoms with Gasteiger partial charge in [0.05, 0.1) is 15.6 Å². The minimum Gasteiger partial charge on any atom is -0.492 e. The van der Waals surface area contributed by atoms with Crippen LogP contribution in [0, 0.1) is 0 Å². The number of thiophene rings is 1. The van der Waals surface area contributed by atoms with E-state index in [1.54, 1.807) is 6.07 Å². The van der Waals surface area contributed by atoms with Crippen molar-refractivity contribution in [3.05, 3.63) is 34.7 Å². The number of aromatic nitrogens is 1. The smallest absolute Gasteiger partial charge is 0.253 e. The molecule has 0 bridgehead atoms. The van der Waals surface area contributed by atoms with Crippen LogP contribution in [0.4, 0.5) is 5.13 Å². The van der Waals surface area contributed by atoms with Crippen molar-refractivity contribution in [2.24, 2.45) is 0 Å². The van der Waals surface area contributed by atoms with E-state index in [2.05, 4.69) is 10.3 Å². The van der Waals surface area contributed by atoms with E-state index < -0.39 is 16.1 Å². The molecule has 160 valence electrons. The largest absolute Gasteiger partial charge is 0.492 e. The third-order valence-corrected chi connectivity index (χ3v) is 9.32. The highest BCUT2D eigenvalue weighted by molar-refractivity contribution is 7.91. The number of para-hydroxylation sites is 1. The second-order valence-electron chi connectivity index (χ2n) is 6.73. The summed E-state index contributed by atoms with van der Waals surface area (Å²) in [6.45, 7) is 2.71. The molecule has 1 saturated heterocycles. The molecule has 0 spiro atoms. The fourth-order valence-electron chi connectivity index (χ4n) is 3.44. The Morgan fingerprint density at radius 1 is 1.30 bits per heavy atom. The molecule has 1 aliphatic rings. The zero-order valence-electron chi connectivity index (χ0n) is 16.1. The van der Waals surface area contributed by atoms with Gasteiger partial charge in [0.2, 0.25) is 5.91 Å². The zero-order chi connectivity index (χ0) is 21.3. The van der Waals surface area contributed by atoms with Crippen LogP contribution in [0.25, 0.3) is 10.2 Å². The molecule has 1 aromatic carbocycles. The first-order chi connectivity index (χ1) is 14.4. The van der Waals surface area contributed by atoms with Gasteiger partial charge in [-0.2, -0.15) is 4.31 Å². The van der Waals surface area contributed by atoms with Crippen molar-refractivity contribution >= 4 is 65.6 Å². The van der Waals surface area contributed by atoms with Crippen LogP contribution >= 0.6 is 34.3 Å². The third-order valence-electron chi connectivity index (χ3n) is 4.78. The van der Waals surface area contributed by atoms with E-state index in [0.29, 0.717) is 46.7 Å². The Morgan fingerprint density at radius 3 is 2.87 bits per heavy atom. The summed E-state index contributed by atoms with van der Waals surface area (Å²) in [5, 5.41) is 3.23. The highest BCUT2D eigenvalue weighted by Crippen LogP contribution is 2.34. The molecule has 11 heteroatoms. The van der Waals surface area contributed by atoms with Gasteiger partial charge in [0.1, 0.15) is 21.5 Å². The van der Waals surface area contributed by atoms with Crippen molar-refractivity contribution in [1.82, 2.24) is 9.29 Å². The number of halogens is 1. The number of sulfonamides is 1. The molecule has 1 atom stereocenters. The maximum Gasteiger partial charge on any atom is 0.253 e. The van der Waals surface area contributed by atoms with Crippen molar-refractivity contribution in [3.63, 3.8) is 0 Å². The molecule has 1 aliphatic heterocycles. The van der Waals surface area contributed by atoms with E-state index in [9.17, 15) is 13.2 Å². The van der Waals surface area contributed by atoms with Crippen molar-refractivity contribution < 1.29 is 17.9 Å². The SMILES string of the molecule is CCOc1cccc2sc(NC(=O)C3CCCCN3S(=O)(=O)c3ccc(Cl)s3)nc12. The van der Waals surface area contributed by atoms with Crippen molar-refractivity contribution in [2.45, 2.75) is 36.4 Å². The lowest BCUT2D eigenvalue weighted by Crippen LogP contribution is -2.49. The molecule has 1 N–H and O–H groups in total. The van der Waals surface area contributed by atoms with Crippen molar-refractivity contribution in [2.75, 3.05) is 18.5 Å². The maximum atomic E-state index is 13.1. The van der Waals surface area contributed by atoms with E-state index >= 15 is 0 Å². The second kappa shape index (κ2) is 8.80. The number of anilines is 1. The van der Waals surface area contributed by atoms with Gasteiger partial charge in [-0.3, -0.25) is 4.79 Å². The monoisotopic (exact) mass is 485 g/mol. The zero-order valence-corrected chi connectivity index (χ0v) is 19.3. The summed E-state index contributed by atoms with van der Waals surface area (Å²) in [7, 11) is -3.80. The maximum absolute atomic E-state index is 13.1. The number of hydrogen-bond donors (Lipinski definition) is 1. The highest BCUT2D eigenvalue weighted by Gasteiger charge is 2.38. The van der Waals surface area contributed by atoms with E-state index in [0.717, 1.165) is 22.5 Å². The molecule has 1 unspecified atom stereocenters. The number of nitrogens with zero attached hydrogens (tertiary/aromatic N) is 2. The van der Waals surface area contributed by atoms with Crippen LogP contribution in [0.2, 0.25) is 4.34 Å². The molecule has 1 fully saturated rings. The lowest BCUT2D eigenvalue weighted by molar-refractivity contribution is -0.120. The highest BCUT2D eigenvalue weighted by atomic mass is 35.5. The summed E-state index contributed by atoms with van der Waals surface area (Å²) in [5.74, 6) is 0.279. The summed E-state index contributed by atoms with van der Waals surface area (Å²) < 4.78 is 34.5. The fourth-order valence-corrected chi connectivity index (χ4v) is 7.60. The average molecular weight is 486 g/mol. The predicted octanol–water partition coefficient (Wildman–Crippen LogP) is 4.59. The van der Waals surface area contributed by atoms with Crippen LogP contribution in [0.5, 0.6) is 5.75 Å². The summed E-state index contributed by atoms with van der Waals surface area (Å²) in [5.41, 5.74) is 0.681. The Labute approximate surface area is 187 Å². The minimum absolute atomic E-state index is 0.147. The van der Waals surface area contributed by atoms with Crippen LogP contribution in [-0.2, 0) is 14.8 Å². The number of amides is 1. The Hall–Kier alpha value is -1.72. The predicted molar refractivity (Wildman–Crippen MR) is 120 cm³/mol. The van der Waals surface area contributed by atoms with Crippen LogP contribution in [0.15, 0.2) is 34.5 Å². The topological polar surface area (TPSA) is 88.6 Å². The lowest BCUT2D eigenvalue weighted by Gasteiger charge is -2.32. The molecular weight excluding hydrogens is 466 g/mol. The van der Waals surface area contributed by atoms with Gasteiger partial charge in [0.25, 0.3) is 10.0 Å². The number of carbonyl (C=O) groups is 1. The van der Waals surface area contributed by atoms with Gasteiger partial charge in [-0.1, -0.05) is 35.4 Å². The van der Waals surface area contributed by atoms with E-state index in [4.69, 9.17) is 16.3 Å². The molecule has 30 heavy (non-hydrogen) atoms. The average Bonchev–Trinajstić information content (AvgIpc) is 3.35. The van der Waals surface area contributed by atoms with Crippen LogP contribution in [-0.4, -0.2) is 42.8 Å². The number of rotatable bonds is 6. The number of nitrogens with one attached hydrogen (secondary N) is 1. The number of thiazole rings is 1. The van der Waals surface area contributed by atoms with Crippen molar-refractivity contribution in [1.29, 1.82) is 0 Å². The lowest BCUT2D eigenvalue weighted by atomic mass is 10.0. The van der Waals surface area contributed by atoms with E-state index in [-0.39, 0.29) is 10.1 Å². The molecule has 0 radical (unpaired) electrons. The van der Waals surface area contributed by atoms with Gasteiger partial charge in [0, 0.05) is 6.54 Å². The van der Waals surface area contributed by atoms with Gasteiger partial charge < -0.3 is 10.1 Å². The fraction of sp³-hybridized carbons (Fsp3) is 0.368. The summed E-state index contributed by atoms with van der Waals surface area (Å²) in [4.78, 5) is 17.5. The standard InChI is InChI=1S/C19H20ClN3O4S3/c1-2-27-13-7-5-8-14-17(13)21-19(28-14)22-18(24)12-6-3-4-11-23(12)30(25,26)16-10-9-15(20)29-16/h5,7-10,12H,2-4,6,11H2,1H3,(H,21,22,24). The second-order valence-corrected chi connectivity index (χ2v) is 11.6. The van der Waals surface area contributed by atoms with Gasteiger partial charge >= 0.3 is 0 Å². The van der Waals surface area contributed by atoms with Crippen molar-refractivity contribution in [3.8, 4) is 5.75 Å². The summed E-state index contributed by atoms with van der Waals surface area (Å²) >= 11 is 8.25. The first-order valence-corrected chi connectivity index (χ1v) is 13.0. The first-order valence-electron chi connectivity index (χ1n) is 9.50. The number of hydrogen-bond acceptors (Lipinski definition) is 7. The van der Waals surface area contributed by atoms with Crippen LogP contribution in [0.1, 0.15) is 26.2 Å². The number of benzene rings is 1. The molecule has 7 nitrogen and oxygen atoms in total. The summed E-state index contributed by atoms with van der Waals surface area (Å²) in [6, 6.07) is 7.85. The first kappa shape index (κ1) is 21.5. The number of ether oxygens (including phenoxy) is 1. The number of carbonyl (C=O) groups excluding carboxylic acids is 1. The molecule has 4 rings (SSSR count). The molecule has 0 aliphatic carbocycles. The van der Waals surface area contributed by atoms with Gasteiger partial charge in [0.15, 0.2) is 5.13 Å². The number of piperidine rings is 1. The number of fused-ring (bicyclic) bond motifs is 1. The van der Waals surface area contributed by atoms with E-state index in [1.165, 1.54) is 21.7 Å². The Kier molecular flexibility index (Phi) is 6.31. The quantitative estimate of drug-likeness (QED) is 0.551. The Balaban J connectivity index is 1.58. The van der Waals surface area contributed by atoms with Gasteiger partial charge in [-0.15, -0.1) is 11.3 Å². The van der Waals surface area contributed by atoms with Gasteiger partial charge in [-0.25, -0.2) is 13.4 Å². The molecule has 1 amide bonds. The minimum atomic E-state index is -3.80. The third kappa shape index (κ3) is 4.19. The van der Waals surface area contributed by atoms with Crippen LogP contribution in [0.3, 0.4) is 0 Å². The normalized spacial score (nSPS) is 17.9. The summed E-state index contributed by atoms with van der Waals surface area (Å²) in [6.07, 6.45) is 1.95. The molecule has 3 aromatic rings.